The maximum atomic E-state index is 11.5. The normalized spacial score (nSPS) is 10.4. The van der Waals surface area contributed by atoms with Gasteiger partial charge in [-0.15, -0.1) is 0 Å². The number of fused-ring (bicyclic) bond motifs is 1. The van der Waals surface area contributed by atoms with Gasteiger partial charge in [0.1, 0.15) is 0 Å². The first-order valence-corrected chi connectivity index (χ1v) is 4.40. The number of halogens is 1. The molecule has 0 amide bonds. The monoisotopic (exact) mass is 206 g/mol. The van der Waals surface area contributed by atoms with Crippen molar-refractivity contribution in [3.8, 4) is 0 Å². The van der Waals surface area contributed by atoms with Crippen LogP contribution in [0.5, 0.6) is 0 Å². The quantitative estimate of drug-likeness (QED) is 0.777. The summed E-state index contributed by atoms with van der Waals surface area (Å²) in [6.45, 7) is 3.51. The van der Waals surface area contributed by atoms with Crippen LogP contribution in [0, 0.1) is 0 Å². The van der Waals surface area contributed by atoms with Gasteiger partial charge < -0.3 is 4.98 Å². The number of aromatic amines is 1. The van der Waals surface area contributed by atoms with Crippen LogP contribution in [0.1, 0.15) is 5.82 Å². The van der Waals surface area contributed by atoms with Gasteiger partial charge >= 0.3 is 0 Å². The van der Waals surface area contributed by atoms with E-state index in [4.69, 9.17) is 11.6 Å². The van der Waals surface area contributed by atoms with Gasteiger partial charge in [-0.3, -0.25) is 4.79 Å². The molecule has 0 radical (unpaired) electrons. The fraction of sp³-hybridized carbons (Fsp3) is 0. The molecule has 3 nitrogen and oxygen atoms in total. The summed E-state index contributed by atoms with van der Waals surface area (Å²) in [5, 5.41) is 0.780. The van der Waals surface area contributed by atoms with Crippen molar-refractivity contribution < 1.29 is 0 Å². The summed E-state index contributed by atoms with van der Waals surface area (Å²) in [4.78, 5) is 18.2. The van der Waals surface area contributed by atoms with Crippen molar-refractivity contribution in [2.75, 3.05) is 0 Å². The summed E-state index contributed by atoms with van der Waals surface area (Å²) in [6, 6.07) is 7.07. The highest BCUT2D eigenvalue weighted by molar-refractivity contribution is 6.47. The van der Waals surface area contributed by atoms with Gasteiger partial charge in [-0.1, -0.05) is 30.3 Å². The van der Waals surface area contributed by atoms with Crippen LogP contribution in [0.4, 0.5) is 0 Å². The zero-order valence-electron chi connectivity index (χ0n) is 7.25. The van der Waals surface area contributed by atoms with Crippen LogP contribution in [-0.2, 0) is 0 Å². The highest BCUT2D eigenvalue weighted by Crippen LogP contribution is 2.12. The molecule has 0 saturated carbocycles. The predicted molar refractivity (Wildman–Crippen MR) is 57.3 cm³/mol. The number of H-pyrrole nitrogens is 1. The molecule has 0 aliphatic carbocycles. The number of nitrogens with zero attached hydrogens (tertiary/aromatic N) is 1. The lowest BCUT2D eigenvalue weighted by molar-refractivity contribution is 1.13. The summed E-state index contributed by atoms with van der Waals surface area (Å²) in [5.41, 5.74) is 0.417. The van der Waals surface area contributed by atoms with E-state index in [2.05, 4.69) is 16.5 Å². The van der Waals surface area contributed by atoms with E-state index in [1.54, 1.807) is 18.2 Å². The second-order valence-corrected chi connectivity index (χ2v) is 3.29. The SMILES string of the molecule is C=C(Cl)c1nc2ccccc2c(=O)[nH]1. The minimum absolute atomic E-state index is 0.201. The van der Waals surface area contributed by atoms with E-state index in [0.29, 0.717) is 16.7 Å². The Morgan fingerprint density at radius 1 is 1.43 bits per heavy atom. The molecule has 0 aliphatic rings. The van der Waals surface area contributed by atoms with Crippen molar-refractivity contribution in [3.05, 3.63) is 47.0 Å². The van der Waals surface area contributed by atoms with Crippen molar-refractivity contribution in [1.82, 2.24) is 9.97 Å². The van der Waals surface area contributed by atoms with Crippen molar-refractivity contribution in [1.29, 1.82) is 0 Å². The molecule has 0 atom stereocenters. The lowest BCUT2D eigenvalue weighted by atomic mass is 10.2. The Bertz CT molecular complexity index is 559. The van der Waals surface area contributed by atoms with Crippen molar-refractivity contribution in [2.24, 2.45) is 0 Å². The van der Waals surface area contributed by atoms with Gasteiger partial charge in [-0.2, -0.15) is 0 Å². The minimum Gasteiger partial charge on any atom is -0.305 e. The first kappa shape index (κ1) is 8.97. The predicted octanol–water partition coefficient (Wildman–Crippen LogP) is 2.13. The number of hydrogen-bond acceptors (Lipinski definition) is 2. The molecule has 14 heavy (non-hydrogen) atoms. The highest BCUT2D eigenvalue weighted by Gasteiger charge is 2.03. The minimum atomic E-state index is -0.201. The molecule has 2 aromatic rings. The molecule has 2 rings (SSSR count). The van der Waals surface area contributed by atoms with Crippen LogP contribution in [0.2, 0.25) is 0 Å². The topological polar surface area (TPSA) is 45.8 Å². The summed E-state index contributed by atoms with van der Waals surface area (Å²) >= 11 is 5.65. The van der Waals surface area contributed by atoms with Crippen LogP contribution in [0.25, 0.3) is 15.9 Å². The average Bonchev–Trinajstić information content (AvgIpc) is 2.17. The lowest BCUT2D eigenvalue weighted by Gasteiger charge is -1.99. The molecule has 0 fully saturated rings. The molecule has 0 bridgehead atoms. The van der Waals surface area contributed by atoms with Gasteiger partial charge in [0.2, 0.25) is 0 Å². The van der Waals surface area contributed by atoms with E-state index in [0.717, 1.165) is 0 Å². The van der Waals surface area contributed by atoms with Crippen molar-refractivity contribution in [3.63, 3.8) is 0 Å². The maximum Gasteiger partial charge on any atom is 0.259 e. The van der Waals surface area contributed by atoms with Crippen LogP contribution in [0.3, 0.4) is 0 Å². The van der Waals surface area contributed by atoms with Gasteiger partial charge in [0, 0.05) is 0 Å². The molecule has 1 N–H and O–H groups in total. The first-order chi connectivity index (χ1) is 6.68. The van der Waals surface area contributed by atoms with Gasteiger partial charge in [-0.05, 0) is 12.1 Å². The molecule has 1 heterocycles. The van der Waals surface area contributed by atoms with E-state index >= 15 is 0 Å². The number of rotatable bonds is 1. The van der Waals surface area contributed by atoms with Crippen LogP contribution in [-0.4, -0.2) is 9.97 Å². The summed E-state index contributed by atoms with van der Waals surface area (Å²) < 4.78 is 0. The molecule has 4 heteroatoms. The number of benzene rings is 1. The van der Waals surface area contributed by atoms with Crippen molar-refractivity contribution in [2.45, 2.75) is 0 Å². The second kappa shape index (κ2) is 3.27. The zero-order valence-corrected chi connectivity index (χ0v) is 8.01. The molecule has 1 aromatic heterocycles. The van der Waals surface area contributed by atoms with Crippen LogP contribution < -0.4 is 5.56 Å². The summed E-state index contributed by atoms with van der Waals surface area (Å²) in [5.74, 6) is 0.315. The first-order valence-electron chi connectivity index (χ1n) is 4.02. The Morgan fingerprint density at radius 3 is 2.86 bits per heavy atom. The number of para-hydroxylation sites is 1. The number of hydrogen-bond donors (Lipinski definition) is 1. The fourth-order valence-electron chi connectivity index (χ4n) is 1.21. The molecule has 0 unspecified atom stereocenters. The van der Waals surface area contributed by atoms with Crippen molar-refractivity contribution >= 4 is 27.5 Å². The smallest absolute Gasteiger partial charge is 0.259 e. The molecule has 0 spiro atoms. The van der Waals surface area contributed by atoms with Gasteiger partial charge in [0.05, 0.1) is 15.9 Å². The molecular weight excluding hydrogens is 200 g/mol. The van der Waals surface area contributed by atoms with Gasteiger partial charge in [-0.25, -0.2) is 4.98 Å². The number of nitrogens with one attached hydrogen (secondary N) is 1. The Morgan fingerprint density at radius 2 is 2.14 bits per heavy atom. The van der Waals surface area contributed by atoms with E-state index in [-0.39, 0.29) is 10.6 Å². The largest absolute Gasteiger partial charge is 0.305 e. The molecular formula is C10H7ClN2O. The third-order valence-corrected chi connectivity index (χ3v) is 2.05. The summed E-state index contributed by atoms with van der Waals surface area (Å²) in [6.07, 6.45) is 0. The average molecular weight is 207 g/mol. The lowest BCUT2D eigenvalue weighted by Crippen LogP contribution is -2.10. The van der Waals surface area contributed by atoms with Gasteiger partial charge in [0.15, 0.2) is 5.82 Å². The zero-order chi connectivity index (χ0) is 10.1. The highest BCUT2D eigenvalue weighted by atomic mass is 35.5. The third-order valence-electron chi connectivity index (χ3n) is 1.87. The Labute approximate surface area is 85.1 Å². The summed E-state index contributed by atoms with van der Waals surface area (Å²) in [7, 11) is 0. The Balaban J connectivity index is 2.86. The Kier molecular flexibility index (Phi) is 2.09. The second-order valence-electron chi connectivity index (χ2n) is 2.84. The fourth-order valence-corrected chi connectivity index (χ4v) is 1.30. The third kappa shape index (κ3) is 1.42. The molecule has 1 aromatic carbocycles. The molecule has 0 saturated heterocycles. The van der Waals surface area contributed by atoms with Crippen LogP contribution in [0.15, 0.2) is 35.6 Å². The van der Waals surface area contributed by atoms with E-state index < -0.39 is 0 Å². The molecule has 70 valence electrons. The van der Waals surface area contributed by atoms with Gasteiger partial charge in [0.25, 0.3) is 5.56 Å². The molecule has 0 aliphatic heterocycles. The van der Waals surface area contributed by atoms with E-state index in [1.165, 1.54) is 0 Å². The Hall–Kier alpha value is -1.61. The number of aromatic nitrogens is 2. The maximum absolute atomic E-state index is 11.5. The van der Waals surface area contributed by atoms with E-state index in [1.807, 2.05) is 6.07 Å². The standard InChI is InChI=1S/C10H7ClN2O/c1-6(11)9-12-8-5-3-2-4-7(8)10(14)13-9/h2-5H,1H2,(H,12,13,14). The van der Waals surface area contributed by atoms with Crippen LogP contribution >= 0.6 is 11.6 Å². The van der Waals surface area contributed by atoms with E-state index in [9.17, 15) is 4.79 Å².